The van der Waals surface area contributed by atoms with Gasteiger partial charge in [0, 0.05) is 28.7 Å². The van der Waals surface area contributed by atoms with Crippen LogP contribution < -0.4 is 5.73 Å². The Balaban J connectivity index is 2.22. The van der Waals surface area contributed by atoms with Gasteiger partial charge in [-0.2, -0.15) is 0 Å². The minimum atomic E-state index is 0.0843. The van der Waals surface area contributed by atoms with Crippen LogP contribution in [0.5, 0.6) is 0 Å². The normalized spacial score (nSPS) is 24.1. The molecule has 1 aliphatic rings. The van der Waals surface area contributed by atoms with Crippen molar-refractivity contribution in [2.75, 3.05) is 6.54 Å². The molecule has 3 nitrogen and oxygen atoms in total. The quantitative estimate of drug-likeness (QED) is 0.864. The van der Waals surface area contributed by atoms with Crippen LogP contribution in [-0.2, 0) is 0 Å². The van der Waals surface area contributed by atoms with Gasteiger partial charge < -0.3 is 10.6 Å². The van der Waals surface area contributed by atoms with Gasteiger partial charge in [-0.1, -0.05) is 15.9 Å². The first-order valence-electron chi connectivity index (χ1n) is 5.83. The number of hydrogen-bond donors (Lipinski definition) is 1. The van der Waals surface area contributed by atoms with Gasteiger partial charge in [-0.3, -0.25) is 4.79 Å². The van der Waals surface area contributed by atoms with Crippen LogP contribution in [0.3, 0.4) is 0 Å². The summed E-state index contributed by atoms with van der Waals surface area (Å²) >= 11 is 3.44. The van der Waals surface area contributed by atoms with E-state index >= 15 is 0 Å². The molecule has 0 aliphatic carbocycles. The van der Waals surface area contributed by atoms with Crippen molar-refractivity contribution < 1.29 is 4.79 Å². The van der Waals surface area contributed by atoms with Crippen LogP contribution in [0, 0.1) is 6.92 Å². The lowest BCUT2D eigenvalue weighted by atomic mass is 10.1. The molecule has 2 unspecified atom stereocenters. The molecule has 0 bridgehead atoms. The maximum absolute atomic E-state index is 12.3. The smallest absolute Gasteiger partial charge is 0.254 e. The topological polar surface area (TPSA) is 46.3 Å². The number of benzene rings is 1. The lowest BCUT2D eigenvalue weighted by Crippen LogP contribution is -2.40. The maximum atomic E-state index is 12.3. The predicted octanol–water partition coefficient (Wildman–Crippen LogP) is 2.32. The average Bonchev–Trinajstić information content (AvgIpc) is 2.63. The van der Waals surface area contributed by atoms with Crippen LogP contribution in [0.4, 0.5) is 0 Å². The van der Waals surface area contributed by atoms with Gasteiger partial charge in [0.1, 0.15) is 0 Å². The lowest BCUT2D eigenvalue weighted by molar-refractivity contribution is 0.0742. The number of nitrogens with zero attached hydrogens (tertiary/aromatic N) is 1. The molecule has 1 aromatic rings. The third-order valence-electron chi connectivity index (χ3n) is 3.48. The molecule has 0 aromatic heterocycles. The monoisotopic (exact) mass is 296 g/mol. The van der Waals surface area contributed by atoms with Crippen LogP contribution in [0.25, 0.3) is 0 Å². The van der Waals surface area contributed by atoms with Gasteiger partial charge in [0.15, 0.2) is 0 Å². The molecule has 0 saturated carbocycles. The highest BCUT2D eigenvalue weighted by molar-refractivity contribution is 9.10. The molecule has 0 spiro atoms. The third kappa shape index (κ3) is 2.38. The highest BCUT2D eigenvalue weighted by Crippen LogP contribution is 2.22. The fourth-order valence-corrected chi connectivity index (χ4v) is 2.44. The van der Waals surface area contributed by atoms with E-state index in [1.54, 1.807) is 0 Å². The van der Waals surface area contributed by atoms with Crippen molar-refractivity contribution in [2.24, 2.45) is 5.73 Å². The molecule has 2 atom stereocenters. The highest BCUT2D eigenvalue weighted by Gasteiger charge is 2.31. The number of rotatable bonds is 1. The van der Waals surface area contributed by atoms with Crippen LogP contribution in [0.2, 0.25) is 0 Å². The second-order valence-electron chi connectivity index (χ2n) is 4.66. The first kappa shape index (κ1) is 12.6. The van der Waals surface area contributed by atoms with Crippen molar-refractivity contribution in [3.05, 3.63) is 33.8 Å². The zero-order valence-corrected chi connectivity index (χ0v) is 11.7. The summed E-state index contributed by atoms with van der Waals surface area (Å²) in [5.41, 5.74) is 7.76. The van der Waals surface area contributed by atoms with Gasteiger partial charge in [0.25, 0.3) is 5.91 Å². The molecule has 1 fully saturated rings. The van der Waals surface area contributed by atoms with E-state index in [4.69, 9.17) is 5.73 Å². The van der Waals surface area contributed by atoms with E-state index in [0.29, 0.717) is 0 Å². The summed E-state index contributed by atoms with van der Waals surface area (Å²) < 4.78 is 1.03. The zero-order chi connectivity index (χ0) is 12.6. The van der Waals surface area contributed by atoms with Crippen LogP contribution >= 0.6 is 15.9 Å². The van der Waals surface area contributed by atoms with E-state index < -0.39 is 0 Å². The summed E-state index contributed by atoms with van der Waals surface area (Å²) in [6.07, 6.45) is 0.891. The fourth-order valence-electron chi connectivity index (χ4n) is 2.19. The number of carbonyl (C=O) groups is 1. The standard InChI is InChI=1S/C13H17BrN2O/c1-8-7-10(3-4-11(8)14)13(17)16-6-5-12(15)9(16)2/h3-4,7,9,12H,5-6,15H2,1-2H3. The van der Waals surface area contributed by atoms with Gasteiger partial charge in [-0.25, -0.2) is 0 Å². The van der Waals surface area contributed by atoms with Crippen LogP contribution in [0.1, 0.15) is 29.3 Å². The molecule has 1 aromatic carbocycles. The molecule has 1 saturated heterocycles. The SMILES string of the molecule is Cc1cc(C(=O)N2CCC(N)C2C)ccc1Br. The Bertz CT molecular complexity index is 447. The molecule has 1 heterocycles. The van der Waals surface area contributed by atoms with E-state index in [0.717, 1.165) is 28.6 Å². The molecular formula is C13H17BrN2O. The largest absolute Gasteiger partial charge is 0.334 e. The van der Waals surface area contributed by atoms with E-state index in [1.165, 1.54) is 0 Å². The molecule has 1 amide bonds. The van der Waals surface area contributed by atoms with Crippen molar-refractivity contribution >= 4 is 21.8 Å². The second kappa shape index (κ2) is 4.78. The summed E-state index contributed by atoms with van der Waals surface area (Å²) in [6.45, 7) is 4.76. The zero-order valence-electron chi connectivity index (χ0n) is 10.1. The van der Waals surface area contributed by atoms with Gasteiger partial charge >= 0.3 is 0 Å². The van der Waals surface area contributed by atoms with E-state index in [2.05, 4.69) is 15.9 Å². The number of hydrogen-bond acceptors (Lipinski definition) is 2. The third-order valence-corrected chi connectivity index (χ3v) is 4.37. The molecule has 4 heteroatoms. The fraction of sp³-hybridized carbons (Fsp3) is 0.462. The van der Waals surface area contributed by atoms with Gasteiger partial charge in [0.2, 0.25) is 0 Å². The number of halogens is 1. The van der Waals surface area contributed by atoms with Crippen molar-refractivity contribution in [3.8, 4) is 0 Å². The average molecular weight is 297 g/mol. The number of nitrogens with two attached hydrogens (primary N) is 1. The summed E-state index contributed by atoms with van der Waals surface area (Å²) in [7, 11) is 0. The maximum Gasteiger partial charge on any atom is 0.254 e. The Labute approximate surface area is 110 Å². The van der Waals surface area contributed by atoms with E-state index in [9.17, 15) is 4.79 Å². The Morgan fingerprint density at radius 2 is 2.24 bits per heavy atom. The summed E-state index contributed by atoms with van der Waals surface area (Å²) in [6, 6.07) is 5.93. The van der Waals surface area contributed by atoms with Crippen LogP contribution in [-0.4, -0.2) is 29.4 Å². The number of aryl methyl sites for hydroxylation is 1. The van der Waals surface area contributed by atoms with Crippen molar-refractivity contribution in [1.29, 1.82) is 0 Å². The molecule has 1 aliphatic heterocycles. The van der Waals surface area contributed by atoms with E-state index in [1.807, 2.05) is 36.9 Å². The molecule has 92 valence electrons. The molecule has 0 radical (unpaired) electrons. The number of likely N-dealkylation sites (tertiary alicyclic amines) is 1. The first-order chi connectivity index (χ1) is 8.00. The van der Waals surface area contributed by atoms with Crippen molar-refractivity contribution in [2.45, 2.75) is 32.4 Å². The highest BCUT2D eigenvalue weighted by atomic mass is 79.9. The minimum absolute atomic E-state index is 0.0843. The minimum Gasteiger partial charge on any atom is -0.334 e. The molecular weight excluding hydrogens is 280 g/mol. The molecule has 2 N–H and O–H groups in total. The summed E-state index contributed by atoms with van der Waals surface area (Å²) in [5, 5.41) is 0. The first-order valence-corrected chi connectivity index (χ1v) is 6.62. The van der Waals surface area contributed by atoms with Crippen LogP contribution in [0.15, 0.2) is 22.7 Å². The predicted molar refractivity (Wildman–Crippen MR) is 72.0 cm³/mol. The van der Waals surface area contributed by atoms with Gasteiger partial charge in [0.05, 0.1) is 0 Å². The number of amides is 1. The Morgan fingerprint density at radius 3 is 2.76 bits per heavy atom. The van der Waals surface area contributed by atoms with Gasteiger partial charge in [-0.05, 0) is 44.0 Å². The Kier molecular flexibility index (Phi) is 3.54. The molecule has 2 rings (SSSR count). The Hall–Kier alpha value is -0.870. The van der Waals surface area contributed by atoms with Crippen molar-refractivity contribution in [3.63, 3.8) is 0 Å². The van der Waals surface area contributed by atoms with Gasteiger partial charge in [-0.15, -0.1) is 0 Å². The molecule has 17 heavy (non-hydrogen) atoms. The summed E-state index contributed by atoms with van der Waals surface area (Å²) in [5.74, 6) is 0.0843. The second-order valence-corrected chi connectivity index (χ2v) is 5.51. The van der Waals surface area contributed by atoms with Crippen molar-refractivity contribution in [1.82, 2.24) is 4.90 Å². The number of carbonyl (C=O) groups excluding carboxylic acids is 1. The lowest BCUT2D eigenvalue weighted by Gasteiger charge is -2.23. The Morgan fingerprint density at radius 1 is 1.53 bits per heavy atom. The van der Waals surface area contributed by atoms with E-state index in [-0.39, 0.29) is 18.0 Å². The summed E-state index contributed by atoms with van der Waals surface area (Å²) in [4.78, 5) is 14.2.